The Bertz CT molecular complexity index is 677. The van der Waals surface area contributed by atoms with Crippen LogP contribution < -0.4 is 15.2 Å². The molecule has 1 heterocycles. The molecule has 2 aromatic carbocycles. The first-order chi connectivity index (χ1) is 8.95. The molecule has 3 rings (SSSR count). The van der Waals surface area contributed by atoms with Crippen molar-refractivity contribution in [2.75, 3.05) is 19.5 Å². The molecule has 0 saturated carbocycles. The Morgan fingerprint density at radius 2 is 2.11 bits per heavy atom. The van der Waals surface area contributed by atoms with Gasteiger partial charge in [-0.05, 0) is 37.1 Å². The minimum atomic E-state index is -1.02. The van der Waals surface area contributed by atoms with Crippen LogP contribution in [0.25, 0.3) is 10.8 Å². The SMILES string of the molecule is COc1ccc2c3c(c(C)cc(N)c13)OCC2(C)O. The monoisotopic (exact) mass is 259 g/mol. The van der Waals surface area contributed by atoms with Crippen LogP contribution in [0.2, 0.25) is 0 Å². The number of hydrogen-bond acceptors (Lipinski definition) is 4. The second-order valence-electron chi connectivity index (χ2n) is 5.24. The summed E-state index contributed by atoms with van der Waals surface area (Å²) >= 11 is 0. The largest absolute Gasteiger partial charge is 0.496 e. The lowest BCUT2D eigenvalue weighted by Crippen LogP contribution is -2.33. The highest BCUT2D eigenvalue weighted by atomic mass is 16.5. The minimum Gasteiger partial charge on any atom is -0.496 e. The predicted molar refractivity (Wildman–Crippen MR) is 74.7 cm³/mol. The quantitative estimate of drug-likeness (QED) is 0.771. The van der Waals surface area contributed by atoms with Crippen LogP contribution in [0.15, 0.2) is 18.2 Å². The molecule has 0 fully saturated rings. The number of benzene rings is 2. The number of hydrogen-bond donors (Lipinski definition) is 2. The first-order valence-corrected chi connectivity index (χ1v) is 6.21. The smallest absolute Gasteiger partial charge is 0.130 e. The molecule has 4 heteroatoms. The summed E-state index contributed by atoms with van der Waals surface area (Å²) in [6.07, 6.45) is 0. The Kier molecular flexibility index (Phi) is 2.41. The molecule has 100 valence electrons. The summed E-state index contributed by atoms with van der Waals surface area (Å²) in [6, 6.07) is 5.60. The van der Waals surface area contributed by atoms with Crippen molar-refractivity contribution < 1.29 is 14.6 Å². The fourth-order valence-corrected chi connectivity index (χ4v) is 2.77. The van der Waals surface area contributed by atoms with Crippen LogP contribution in [0.1, 0.15) is 18.1 Å². The van der Waals surface area contributed by atoms with Gasteiger partial charge in [-0.15, -0.1) is 0 Å². The molecule has 3 N–H and O–H groups in total. The molecule has 0 saturated heterocycles. The summed E-state index contributed by atoms with van der Waals surface area (Å²) < 4.78 is 11.1. The Hall–Kier alpha value is -1.94. The van der Waals surface area contributed by atoms with Gasteiger partial charge in [0.2, 0.25) is 0 Å². The van der Waals surface area contributed by atoms with E-state index in [1.54, 1.807) is 14.0 Å². The van der Waals surface area contributed by atoms with E-state index in [9.17, 15) is 5.11 Å². The molecule has 2 aromatic rings. The molecule has 1 unspecified atom stereocenters. The van der Waals surface area contributed by atoms with Crippen LogP contribution in [0.4, 0.5) is 5.69 Å². The number of anilines is 1. The predicted octanol–water partition coefficient (Wildman–Crippen LogP) is 2.34. The molecule has 0 spiro atoms. The van der Waals surface area contributed by atoms with Gasteiger partial charge < -0.3 is 20.3 Å². The Morgan fingerprint density at radius 1 is 1.37 bits per heavy atom. The molecule has 0 radical (unpaired) electrons. The van der Waals surface area contributed by atoms with Gasteiger partial charge in [-0.3, -0.25) is 0 Å². The van der Waals surface area contributed by atoms with Crippen molar-refractivity contribution >= 4 is 16.5 Å². The number of rotatable bonds is 1. The van der Waals surface area contributed by atoms with E-state index in [4.69, 9.17) is 15.2 Å². The average molecular weight is 259 g/mol. The zero-order valence-electron chi connectivity index (χ0n) is 11.3. The number of aryl methyl sites for hydroxylation is 1. The maximum Gasteiger partial charge on any atom is 0.130 e. The Labute approximate surface area is 111 Å². The molecule has 0 aliphatic carbocycles. The average Bonchev–Trinajstić information content (AvgIpc) is 2.36. The van der Waals surface area contributed by atoms with E-state index in [1.807, 2.05) is 25.1 Å². The second kappa shape index (κ2) is 3.78. The summed E-state index contributed by atoms with van der Waals surface area (Å²) in [5, 5.41) is 12.1. The zero-order chi connectivity index (χ0) is 13.8. The first kappa shape index (κ1) is 12.1. The van der Waals surface area contributed by atoms with Gasteiger partial charge in [-0.2, -0.15) is 0 Å². The van der Waals surface area contributed by atoms with E-state index in [1.165, 1.54) is 0 Å². The van der Waals surface area contributed by atoms with Crippen LogP contribution >= 0.6 is 0 Å². The van der Waals surface area contributed by atoms with E-state index in [-0.39, 0.29) is 6.61 Å². The Morgan fingerprint density at radius 3 is 2.79 bits per heavy atom. The van der Waals surface area contributed by atoms with Crippen molar-refractivity contribution in [1.29, 1.82) is 0 Å². The number of methoxy groups -OCH3 is 1. The summed E-state index contributed by atoms with van der Waals surface area (Å²) in [5.41, 5.74) is 7.54. The van der Waals surface area contributed by atoms with Crippen molar-refractivity contribution in [2.24, 2.45) is 0 Å². The second-order valence-corrected chi connectivity index (χ2v) is 5.24. The molecular formula is C15H17NO3. The molecule has 1 aliphatic heterocycles. The molecular weight excluding hydrogens is 242 g/mol. The van der Waals surface area contributed by atoms with E-state index in [0.717, 1.165) is 27.6 Å². The van der Waals surface area contributed by atoms with Crippen molar-refractivity contribution in [3.63, 3.8) is 0 Å². The molecule has 1 atom stereocenters. The van der Waals surface area contributed by atoms with Crippen molar-refractivity contribution in [3.05, 3.63) is 29.3 Å². The maximum absolute atomic E-state index is 10.5. The summed E-state index contributed by atoms with van der Waals surface area (Å²) in [6.45, 7) is 3.94. The lowest BCUT2D eigenvalue weighted by atomic mass is 9.87. The van der Waals surface area contributed by atoms with Gasteiger partial charge in [-0.1, -0.05) is 6.07 Å². The molecule has 0 bridgehead atoms. The molecule has 0 aromatic heterocycles. The molecule has 1 aliphatic rings. The van der Waals surface area contributed by atoms with Crippen molar-refractivity contribution in [3.8, 4) is 11.5 Å². The topological polar surface area (TPSA) is 64.7 Å². The van der Waals surface area contributed by atoms with Gasteiger partial charge in [0.05, 0.1) is 12.5 Å². The van der Waals surface area contributed by atoms with E-state index in [2.05, 4.69) is 0 Å². The summed E-state index contributed by atoms with van der Waals surface area (Å²) in [4.78, 5) is 0. The number of nitrogen functional groups attached to an aromatic ring is 1. The zero-order valence-corrected chi connectivity index (χ0v) is 11.3. The fourth-order valence-electron chi connectivity index (χ4n) is 2.77. The van der Waals surface area contributed by atoms with Crippen LogP contribution in [0.3, 0.4) is 0 Å². The van der Waals surface area contributed by atoms with Gasteiger partial charge in [0, 0.05) is 11.1 Å². The molecule has 0 amide bonds. The van der Waals surface area contributed by atoms with E-state index >= 15 is 0 Å². The lowest BCUT2D eigenvalue weighted by Gasteiger charge is -2.32. The number of ether oxygens (including phenoxy) is 2. The maximum atomic E-state index is 10.5. The van der Waals surface area contributed by atoms with Crippen molar-refractivity contribution in [2.45, 2.75) is 19.4 Å². The van der Waals surface area contributed by atoms with Gasteiger partial charge in [0.25, 0.3) is 0 Å². The summed E-state index contributed by atoms with van der Waals surface area (Å²) in [7, 11) is 1.61. The third-order valence-electron chi connectivity index (χ3n) is 3.71. The lowest BCUT2D eigenvalue weighted by molar-refractivity contribution is 0.00352. The summed E-state index contributed by atoms with van der Waals surface area (Å²) in [5.74, 6) is 1.48. The van der Waals surface area contributed by atoms with E-state index < -0.39 is 5.60 Å². The van der Waals surface area contributed by atoms with Gasteiger partial charge in [-0.25, -0.2) is 0 Å². The first-order valence-electron chi connectivity index (χ1n) is 6.21. The standard InChI is InChI=1S/C15H17NO3/c1-8-6-10(16)13-11(18-3)5-4-9-12(13)14(8)19-7-15(9,2)17/h4-6,17H,7,16H2,1-3H3. The van der Waals surface area contributed by atoms with Gasteiger partial charge >= 0.3 is 0 Å². The van der Waals surface area contributed by atoms with Crippen LogP contribution in [-0.2, 0) is 5.60 Å². The normalized spacial score (nSPS) is 21.3. The minimum absolute atomic E-state index is 0.242. The number of nitrogens with two attached hydrogens (primary N) is 1. The number of aliphatic hydroxyl groups is 1. The molecule has 4 nitrogen and oxygen atoms in total. The van der Waals surface area contributed by atoms with Crippen LogP contribution in [-0.4, -0.2) is 18.8 Å². The van der Waals surface area contributed by atoms with Gasteiger partial charge in [0.15, 0.2) is 0 Å². The highest BCUT2D eigenvalue weighted by molar-refractivity contribution is 6.05. The third kappa shape index (κ3) is 1.56. The van der Waals surface area contributed by atoms with Crippen molar-refractivity contribution in [1.82, 2.24) is 0 Å². The fraction of sp³-hybridized carbons (Fsp3) is 0.333. The highest BCUT2D eigenvalue weighted by Gasteiger charge is 2.34. The third-order valence-corrected chi connectivity index (χ3v) is 3.71. The van der Waals surface area contributed by atoms with E-state index in [0.29, 0.717) is 11.4 Å². The van der Waals surface area contributed by atoms with Crippen LogP contribution in [0.5, 0.6) is 11.5 Å². The Balaban J connectivity index is 2.53. The highest BCUT2D eigenvalue weighted by Crippen LogP contribution is 2.46. The molecule has 19 heavy (non-hydrogen) atoms. The van der Waals surface area contributed by atoms with Crippen LogP contribution in [0, 0.1) is 6.92 Å². The van der Waals surface area contributed by atoms with Gasteiger partial charge in [0.1, 0.15) is 23.7 Å².